The lowest BCUT2D eigenvalue weighted by molar-refractivity contribution is 0.226. The van der Waals surface area contributed by atoms with Crippen molar-refractivity contribution >= 4 is 37.3 Å². The van der Waals surface area contributed by atoms with E-state index in [0.717, 1.165) is 23.0 Å². The summed E-state index contributed by atoms with van der Waals surface area (Å²) in [6.45, 7) is 2.66. The zero-order chi connectivity index (χ0) is 15.0. The highest BCUT2D eigenvalue weighted by Gasteiger charge is 2.40. The quantitative estimate of drug-likeness (QED) is 0.836. The van der Waals surface area contributed by atoms with Gasteiger partial charge in [0.1, 0.15) is 4.21 Å². The third-order valence-corrected chi connectivity index (χ3v) is 8.45. The molecule has 2 aliphatic heterocycles. The first-order valence-electron chi connectivity index (χ1n) is 7.54. The molecule has 3 heterocycles. The summed E-state index contributed by atoms with van der Waals surface area (Å²) in [5.41, 5.74) is 0. The van der Waals surface area contributed by atoms with Crippen molar-refractivity contribution < 1.29 is 8.42 Å². The molecule has 0 aliphatic carbocycles. The summed E-state index contributed by atoms with van der Waals surface area (Å²) in [6.07, 6.45) is 5.12. The van der Waals surface area contributed by atoms with Gasteiger partial charge in [0, 0.05) is 24.7 Å². The highest BCUT2D eigenvalue weighted by molar-refractivity contribution is 9.11. The Balaban J connectivity index is 1.87. The molecular formula is C14H21BrN2O2S2. The molecule has 2 atom stereocenters. The number of thiophene rings is 1. The smallest absolute Gasteiger partial charge is 0.252 e. The normalized spacial score (nSPS) is 29.2. The number of sulfonamides is 1. The van der Waals surface area contributed by atoms with Gasteiger partial charge in [-0.05, 0) is 60.2 Å². The van der Waals surface area contributed by atoms with Gasteiger partial charge in [-0.15, -0.1) is 11.3 Å². The summed E-state index contributed by atoms with van der Waals surface area (Å²) in [6, 6.07) is 4.67. The first-order valence-corrected chi connectivity index (χ1v) is 10.6. The van der Waals surface area contributed by atoms with Gasteiger partial charge in [-0.3, -0.25) is 0 Å². The molecule has 4 nitrogen and oxygen atoms in total. The van der Waals surface area contributed by atoms with E-state index < -0.39 is 10.0 Å². The monoisotopic (exact) mass is 392 g/mol. The van der Waals surface area contributed by atoms with Gasteiger partial charge in [-0.25, -0.2) is 8.42 Å². The minimum absolute atomic E-state index is 0.148. The number of nitrogens with one attached hydrogen (secondary N) is 1. The fraction of sp³-hybridized carbons (Fsp3) is 0.714. The van der Waals surface area contributed by atoms with E-state index in [9.17, 15) is 8.42 Å². The van der Waals surface area contributed by atoms with Gasteiger partial charge in [0.15, 0.2) is 0 Å². The second-order valence-corrected chi connectivity index (χ2v) is 10.5. The molecule has 1 N–H and O–H groups in total. The van der Waals surface area contributed by atoms with Gasteiger partial charge in [-0.2, -0.15) is 4.31 Å². The van der Waals surface area contributed by atoms with Gasteiger partial charge in [0.25, 0.3) is 10.0 Å². The minimum Gasteiger partial charge on any atom is -0.311 e. The van der Waals surface area contributed by atoms with Gasteiger partial charge in [0.05, 0.1) is 3.79 Å². The van der Waals surface area contributed by atoms with Crippen LogP contribution < -0.4 is 5.32 Å². The number of hydrogen-bond acceptors (Lipinski definition) is 4. The Morgan fingerprint density at radius 1 is 1.33 bits per heavy atom. The number of halogens is 1. The topological polar surface area (TPSA) is 49.4 Å². The fourth-order valence-corrected chi connectivity index (χ4v) is 7.41. The molecule has 118 valence electrons. The number of hydrogen-bond donors (Lipinski definition) is 1. The molecule has 0 amide bonds. The third-order valence-electron chi connectivity index (χ3n) is 4.41. The Morgan fingerprint density at radius 3 is 2.52 bits per heavy atom. The largest absolute Gasteiger partial charge is 0.311 e. The van der Waals surface area contributed by atoms with Crippen molar-refractivity contribution in [2.75, 3.05) is 6.54 Å². The molecule has 1 aromatic heterocycles. The SMILES string of the molecule is CCCN(C1CC2CCC(C1)N2)S(=O)(=O)c1ccc(Br)s1. The second-order valence-electron chi connectivity index (χ2n) is 5.94. The van der Waals surface area contributed by atoms with Crippen molar-refractivity contribution in [1.82, 2.24) is 9.62 Å². The lowest BCUT2D eigenvalue weighted by Gasteiger charge is -2.36. The van der Waals surface area contributed by atoms with E-state index in [1.807, 2.05) is 13.0 Å². The van der Waals surface area contributed by atoms with Gasteiger partial charge in [0.2, 0.25) is 0 Å². The van der Waals surface area contributed by atoms with Crippen molar-refractivity contribution in [1.29, 1.82) is 0 Å². The zero-order valence-corrected chi connectivity index (χ0v) is 15.3. The summed E-state index contributed by atoms with van der Waals surface area (Å²) in [5.74, 6) is 0. The highest BCUT2D eigenvalue weighted by Crippen LogP contribution is 2.35. The van der Waals surface area contributed by atoms with Crippen molar-refractivity contribution in [3.63, 3.8) is 0 Å². The van der Waals surface area contributed by atoms with Crippen LogP contribution in [0.25, 0.3) is 0 Å². The van der Waals surface area contributed by atoms with Crippen LogP contribution in [-0.2, 0) is 10.0 Å². The Kier molecular flexibility index (Phi) is 4.76. The average molecular weight is 393 g/mol. The Morgan fingerprint density at radius 2 is 2.00 bits per heavy atom. The summed E-state index contributed by atoms with van der Waals surface area (Å²) in [4.78, 5) is 0. The van der Waals surface area contributed by atoms with Gasteiger partial charge >= 0.3 is 0 Å². The maximum absolute atomic E-state index is 13.0. The molecule has 21 heavy (non-hydrogen) atoms. The van der Waals surface area contributed by atoms with Crippen LogP contribution in [0.2, 0.25) is 0 Å². The fourth-order valence-electron chi connectivity index (χ4n) is 3.53. The summed E-state index contributed by atoms with van der Waals surface area (Å²) in [5, 5.41) is 3.59. The van der Waals surface area contributed by atoms with Crippen LogP contribution in [0.1, 0.15) is 39.0 Å². The molecule has 2 saturated heterocycles. The van der Waals surface area contributed by atoms with Crippen molar-refractivity contribution in [2.24, 2.45) is 0 Å². The van der Waals surface area contributed by atoms with Crippen LogP contribution in [0.4, 0.5) is 0 Å². The molecule has 2 unspecified atom stereocenters. The average Bonchev–Trinajstić information content (AvgIpc) is 3.02. The highest BCUT2D eigenvalue weighted by atomic mass is 79.9. The Labute approximate surface area is 139 Å². The number of nitrogens with zero attached hydrogens (tertiary/aromatic N) is 1. The Bertz CT molecular complexity index is 590. The lowest BCUT2D eigenvalue weighted by Crippen LogP contribution is -2.50. The summed E-state index contributed by atoms with van der Waals surface area (Å²) < 4.78 is 29.0. The molecule has 2 fully saturated rings. The number of fused-ring (bicyclic) bond motifs is 2. The maximum Gasteiger partial charge on any atom is 0.252 e. The third kappa shape index (κ3) is 3.22. The van der Waals surface area contributed by atoms with E-state index in [-0.39, 0.29) is 6.04 Å². The van der Waals surface area contributed by atoms with E-state index >= 15 is 0 Å². The van der Waals surface area contributed by atoms with E-state index in [1.54, 1.807) is 10.4 Å². The van der Waals surface area contributed by atoms with E-state index in [4.69, 9.17) is 0 Å². The van der Waals surface area contributed by atoms with Crippen molar-refractivity contribution in [2.45, 2.75) is 61.4 Å². The summed E-state index contributed by atoms with van der Waals surface area (Å²) >= 11 is 4.66. The molecule has 2 aliphatic rings. The van der Waals surface area contributed by atoms with Crippen LogP contribution >= 0.6 is 27.3 Å². The molecule has 3 rings (SSSR count). The predicted molar refractivity (Wildman–Crippen MR) is 89.2 cm³/mol. The minimum atomic E-state index is -3.37. The zero-order valence-electron chi connectivity index (χ0n) is 12.1. The molecule has 1 aromatic rings. The first-order chi connectivity index (χ1) is 10.0. The van der Waals surface area contributed by atoms with Crippen LogP contribution in [0, 0.1) is 0 Å². The van der Waals surface area contributed by atoms with Gasteiger partial charge < -0.3 is 5.32 Å². The molecule has 0 radical (unpaired) electrons. The molecule has 0 aromatic carbocycles. The standard InChI is InChI=1S/C14H21BrN2O2S2/c1-2-7-17(12-8-10-3-4-11(9-12)16-10)21(18,19)14-6-5-13(15)20-14/h5-6,10-12,16H,2-4,7-9H2,1H3. The molecule has 7 heteroatoms. The second kappa shape index (κ2) is 6.28. The van der Waals surface area contributed by atoms with Crippen LogP contribution in [0.5, 0.6) is 0 Å². The molecule has 0 saturated carbocycles. The van der Waals surface area contributed by atoms with E-state index in [2.05, 4.69) is 21.2 Å². The van der Waals surface area contributed by atoms with Crippen molar-refractivity contribution in [3.05, 3.63) is 15.9 Å². The summed E-state index contributed by atoms with van der Waals surface area (Å²) in [7, 11) is -3.37. The molecule has 2 bridgehead atoms. The van der Waals surface area contributed by atoms with Crippen LogP contribution in [0.15, 0.2) is 20.1 Å². The molecule has 0 spiro atoms. The van der Waals surface area contributed by atoms with Crippen LogP contribution in [-0.4, -0.2) is 37.4 Å². The maximum atomic E-state index is 13.0. The van der Waals surface area contributed by atoms with Crippen LogP contribution in [0.3, 0.4) is 0 Å². The number of rotatable bonds is 5. The number of piperidine rings is 1. The van der Waals surface area contributed by atoms with E-state index in [0.29, 0.717) is 22.8 Å². The first kappa shape index (κ1) is 15.9. The van der Waals surface area contributed by atoms with Crippen molar-refractivity contribution in [3.8, 4) is 0 Å². The molecular weight excluding hydrogens is 372 g/mol. The Hall–Kier alpha value is 0.0500. The predicted octanol–water partition coefficient (Wildman–Crippen LogP) is 3.19. The van der Waals surface area contributed by atoms with Gasteiger partial charge in [-0.1, -0.05) is 6.92 Å². The van der Waals surface area contributed by atoms with E-state index in [1.165, 1.54) is 24.2 Å². The lowest BCUT2D eigenvalue weighted by atomic mass is 10.00.